The highest BCUT2D eigenvalue weighted by molar-refractivity contribution is 5.95. The molecular formula is C17H17N5O2. The van der Waals surface area contributed by atoms with Crippen LogP contribution in [0.15, 0.2) is 36.5 Å². The average Bonchev–Trinajstić information content (AvgIpc) is 2.99. The van der Waals surface area contributed by atoms with Crippen molar-refractivity contribution in [3.8, 4) is 5.75 Å². The smallest absolute Gasteiger partial charge is 0.254 e. The molecule has 3 heterocycles. The van der Waals surface area contributed by atoms with E-state index < -0.39 is 0 Å². The number of likely N-dealkylation sites (tertiary alicyclic amines) is 1. The van der Waals surface area contributed by atoms with Gasteiger partial charge in [-0.05, 0) is 47.5 Å². The number of ether oxygens (including phenoxy) is 1. The summed E-state index contributed by atoms with van der Waals surface area (Å²) < 4.78 is 7.58. The van der Waals surface area contributed by atoms with Crippen molar-refractivity contribution in [3.05, 3.63) is 53.2 Å². The van der Waals surface area contributed by atoms with Crippen LogP contribution in [0.4, 0.5) is 0 Å². The number of aryl methyl sites for hydroxylation is 2. The van der Waals surface area contributed by atoms with Crippen LogP contribution in [0.5, 0.6) is 5.75 Å². The minimum absolute atomic E-state index is 0.0261. The van der Waals surface area contributed by atoms with E-state index in [0.29, 0.717) is 24.3 Å². The van der Waals surface area contributed by atoms with Crippen molar-refractivity contribution in [2.24, 2.45) is 0 Å². The summed E-state index contributed by atoms with van der Waals surface area (Å²) >= 11 is 0. The molecule has 3 aromatic rings. The lowest BCUT2D eigenvalue weighted by atomic mass is 10.1. The number of fused-ring (bicyclic) bond motifs is 1. The van der Waals surface area contributed by atoms with E-state index in [1.165, 1.54) is 4.52 Å². The Kier molecular flexibility index (Phi) is 3.41. The summed E-state index contributed by atoms with van der Waals surface area (Å²) in [7, 11) is 0. The van der Waals surface area contributed by atoms with Gasteiger partial charge in [-0.15, -0.1) is 5.10 Å². The summed E-state index contributed by atoms with van der Waals surface area (Å²) in [6.07, 6.45) is 1.72. The minimum atomic E-state index is -0.0261. The van der Waals surface area contributed by atoms with Crippen molar-refractivity contribution in [3.63, 3.8) is 0 Å². The molecule has 24 heavy (non-hydrogen) atoms. The Morgan fingerprint density at radius 1 is 1.21 bits per heavy atom. The number of nitrogens with zero attached hydrogens (tertiary/aromatic N) is 5. The molecule has 1 fully saturated rings. The van der Waals surface area contributed by atoms with Gasteiger partial charge in [0, 0.05) is 11.8 Å². The highest BCUT2D eigenvalue weighted by Crippen LogP contribution is 2.26. The third-order valence-electron chi connectivity index (χ3n) is 4.27. The number of pyridine rings is 1. The number of aromatic nitrogens is 4. The Morgan fingerprint density at radius 2 is 1.96 bits per heavy atom. The number of carbonyl (C=O) groups is 1. The van der Waals surface area contributed by atoms with E-state index in [9.17, 15) is 4.79 Å². The molecule has 1 saturated heterocycles. The standard InChI is InChI=1S/C17H17N5O2/c1-11-4-3-5-12(2)16(11)24-14-9-21(10-14)17(23)13-6-7-22-15(8-13)18-19-20-22/h3-8,14H,9-10H2,1-2H3. The van der Waals surface area contributed by atoms with Crippen LogP contribution in [0.25, 0.3) is 5.65 Å². The predicted molar refractivity (Wildman–Crippen MR) is 87.0 cm³/mol. The summed E-state index contributed by atoms with van der Waals surface area (Å²) in [5.41, 5.74) is 3.38. The van der Waals surface area contributed by atoms with Gasteiger partial charge in [-0.1, -0.05) is 18.2 Å². The molecule has 0 saturated carbocycles. The quantitative estimate of drug-likeness (QED) is 0.733. The van der Waals surface area contributed by atoms with Gasteiger partial charge in [0.15, 0.2) is 5.65 Å². The van der Waals surface area contributed by atoms with E-state index in [1.54, 1.807) is 23.2 Å². The van der Waals surface area contributed by atoms with Gasteiger partial charge >= 0.3 is 0 Å². The van der Waals surface area contributed by atoms with E-state index in [-0.39, 0.29) is 12.0 Å². The molecule has 0 atom stereocenters. The molecule has 0 unspecified atom stereocenters. The molecule has 0 aliphatic carbocycles. The Balaban J connectivity index is 1.42. The van der Waals surface area contributed by atoms with E-state index in [4.69, 9.17) is 4.74 Å². The van der Waals surface area contributed by atoms with Crippen molar-refractivity contribution in [1.29, 1.82) is 0 Å². The lowest BCUT2D eigenvalue weighted by Gasteiger charge is -2.39. The van der Waals surface area contributed by atoms with Crippen LogP contribution in [-0.4, -0.2) is 50.0 Å². The number of hydrogen-bond acceptors (Lipinski definition) is 5. The maximum atomic E-state index is 12.5. The van der Waals surface area contributed by atoms with Gasteiger partial charge in [0.1, 0.15) is 11.9 Å². The molecule has 7 heteroatoms. The predicted octanol–water partition coefficient (Wildman–Crippen LogP) is 1.64. The summed E-state index contributed by atoms with van der Waals surface area (Å²) in [5, 5.41) is 11.2. The fourth-order valence-corrected chi connectivity index (χ4v) is 2.89. The molecule has 2 aromatic heterocycles. The largest absolute Gasteiger partial charge is 0.486 e. The molecule has 122 valence electrons. The second-order valence-electron chi connectivity index (χ2n) is 6.07. The second kappa shape index (κ2) is 5.59. The minimum Gasteiger partial charge on any atom is -0.486 e. The van der Waals surface area contributed by atoms with E-state index in [1.807, 2.05) is 32.0 Å². The molecule has 1 aliphatic heterocycles. The van der Waals surface area contributed by atoms with Gasteiger partial charge in [-0.2, -0.15) is 0 Å². The van der Waals surface area contributed by atoms with Gasteiger partial charge in [0.05, 0.1) is 13.1 Å². The monoisotopic (exact) mass is 323 g/mol. The number of rotatable bonds is 3. The fourth-order valence-electron chi connectivity index (χ4n) is 2.89. The van der Waals surface area contributed by atoms with Crippen molar-refractivity contribution in [2.75, 3.05) is 13.1 Å². The Labute approximate surface area is 138 Å². The number of benzene rings is 1. The summed E-state index contributed by atoms with van der Waals surface area (Å²) in [4.78, 5) is 14.3. The van der Waals surface area contributed by atoms with Crippen molar-refractivity contribution < 1.29 is 9.53 Å². The maximum absolute atomic E-state index is 12.5. The first kappa shape index (κ1) is 14.6. The topological polar surface area (TPSA) is 72.6 Å². The average molecular weight is 323 g/mol. The van der Waals surface area contributed by atoms with Crippen LogP contribution in [0.2, 0.25) is 0 Å². The molecule has 0 radical (unpaired) electrons. The zero-order valence-electron chi connectivity index (χ0n) is 13.5. The Hall–Kier alpha value is -2.96. The maximum Gasteiger partial charge on any atom is 0.254 e. The van der Waals surface area contributed by atoms with Gasteiger partial charge in [0.25, 0.3) is 5.91 Å². The first-order valence-corrected chi connectivity index (χ1v) is 7.82. The van der Waals surface area contributed by atoms with Crippen LogP contribution in [0.3, 0.4) is 0 Å². The number of para-hydroxylation sites is 1. The molecular weight excluding hydrogens is 306 g/mol. The molecule has 1 aromatic carbocycles. The van der Waals surface area contributed by atoms with Gasteiger partial charge in [-0.25, -0.2) is 4.52 Å². The van der Waals surface area contributed by atoms with Crippen molar-refractivity contribution in [1.82, 2.24) is 24.9 Å². The number of hydrogen-bond donors (Lipinski definition) is 0. The normalized spacial score (nSPS) is 14.7. The SMILES string of the molecule is Cc1cccc(C)c1OC1CN(C(=O)c2ccn3nnnc3c2)C1. The molecule has 1 aliphatic rings. The second-order valence-corrected chi connectivity index (χ2v) is 6.07. The van der Waals surface area contributed by atoms with Crippen LogP contribution < -0.4 is 4.74 Å². The molecule has 0 spiro atoms. The third-order valence-corrected chi connectivity index (χ3v) is 4.27. The molecule has 4 rings (SSSR count). The fraction of sp³-hybridized carbons (Fsp3) is 0.294. The summed E-state index contributed by atoms with van der Waals surface area (Å²) in [5.74, 6) is 0.896. The number of tetrazole rings is 1. The van der Waals surface area contributed by atoms with E-state index in [2.05, 4.69) is 15.5 Å². The van der Waals surface area contributed by atoms with Crippen LogP contribution in [0, 0.1) is 13.8 Å². The lowest BCUT2D eigenvalue weighted by molar-refractivity contribution is 0.0173. The zero-order chi connectivity index (χ0) is 16.7. The van der Waals surface area contributed by atoms with Gasteiger partial charge in [0.2, 0.25) is 0 Å². The number of carbonyl (C=O) groups excluding carboxylic acids is 1. The molecule has 1 amide bonds. The molecule has 0 bridgehead atoms. The van der Waals surface area contributed by atoms with E-state index in [0.717, 1.165) is 16.9 Å². The van der Waals surface area contributed by atoms with Crippen LogP contribution >= 0.6 is 0 Å². The van der Waals surface area contributed by atoms with Gasteiger partial charge in [-0.3, -0.25) is 4.79 Å². The van der Waals surface area contributed by atoms with Gasteiger partial charge < -0.3 is 9.64 Å². The number of amides is 1. The third kappa shape index (κ3) is 2.47. The summed E-state index contributed by atoms with van der Waals surface area (Å²) in [6, 6.07) is 9.51. The van der Waals surface area contributed by atoms with E-state index >= 15 is 0 Å². The highest BCUT2D eigenvalue weighted by atomic mass is 16.5. The van der Waals surface area contributed by atoms with Crippen molar-refractivity contribution >= 4 is 11.6 Å². The molecule has 0 N–H and O–H groups in total. The van der Waals surface area contributed by atoms with Crippen LogP contribution in [0.1, 0.15) is 21.5 Å². The zero-order valence-corrected chi connectivity index (χ0v) is 13.5. The first-order chi connectivity index (χ1) is 11.6. The highest BCUT2D eigenvalue weighted by Gasteiger charge is 2.33. The summed E-state index contributed by atoms with van der Waals surface area (Å²) in [6.45, 7) is 5.24. The van der Waals surface area contributed by atoms with Crippen molar-refractivity contribution in [2.45, 2.75) is 20.0 Å². The van der Waals surface area contributed by atoms with Crippen LogP contribution in [-0.2, 0) is 0 Å². The lowest BCUT2D eigenvalue weighted by Crippen LogP contribution is -2.56. The Bertz CT molecular complexity index is 894. The first-order valence-electron chi connectivity index (χ1n) is 7.82. The Morgan fingerprint density at radius 3 is 2.71 bits per heavy atom. The molecule has 7 nitrogen and oxygen atoms in total.